The predicted octanol–water partition coefficient (Wildman–Crippen LogP) is 2.96. The van der Waals surface area contributed by atoms with Crippen molar-refractivity contribution >= 4 is 22.3 Å². The molecule has 0 bridgehead atoms. The van der Waals surface area contributed by atoms with Gasteiger partial charge in [0.05, 0.1) is 22.5 Å². The van der Waals surface area contributed by atoms with Crippen molar-refractivity contribution in [2.75, 3.05) is 0 Å². The second kappa shape index (κ2) is 5.17. The molecule has 2 aliphatic carbocycles. The number of phenolic OH excluding ortho intramolecular Hbond substituents is 2. The molecule has 0 saturated carbocycles. The Morgan fingerprint density at radius 1 is 1.20 bits per heavy atom. The molecule has 25 heavy (non-hydrogen) atoms. The van der Waals surface area contributed by atoms with E-state index >= 15 is 0 Å². The van der Waals surface area contributed by atoms with Gasteiger partial charge in [-0.2, -0.15) is 0 Å². The average Bonchev–Trinajstić information content (AvgIpc) is 2.52. The minimum Gasteiger partial charge on any atom is -0.507 e. The predicted molar refractivity (Wildman–Crippen MR) is 91.9 cm³/mol. The summed E-state index contributed by atoms with van der Waals surface area (Å²) in [6.45, 7) is 1.91. The summed E-state index contributed by atoms with van der Waals surface area (Å²) in [6.07, 6.45) is 2.23. The first-order valence-corrected chi connectivity index (χ1v) is 8.32. The second-order valence-corrected chi connectivity index (χ2v) is 6.94. The standard InChI is InChI=1S/C20H18O5/c1-2-10-6-14(22)18-12-7-11-4-3-5-13(21)16(11)19(24)17(12)15(23)9-20(18,25)8-10/h3-7,18,21,24-25H,2,8-9H2,1H3. The number of allylic oxidation sites excluding steroid dienone is 1. The van der Waals surface area contributed by atoms with E-state index in [9.17, 15) is 24.9 Å². The summed E-state index contributed by atoms with van der Waals surface area (Å²) in [5.74, 6) is -2.00. The van der Waals surface area contributed by atoms with Gasteiger partial charge in [0.2, 0.25) is 0 Å². The summed E-state index contributed by atoms with van der Waals surface area (Å²) < 4.78 is 0. The first-order chi connectivity index (χ1) is 11.9. The molecule has 5 heteroatoms. The zero-order chi connectivity index (χ0) is 17.9. The van der Waals surface area contributed by atoms with Crippen LogP contribution in [-0.4, -0.2) is 32.5 Å². The molecule has 3 N–H and O–H groups in total. The van der Waals surface area contributed by atoms with Crippen LogP contribution >= 0.6 is 0 Å². The maximum atomic E-state index is 12.7. The van der Waals surface area contributed by atoms with Crippen molar-refractivity contribution in [2.45, 2.75) is 37.7 Å². The zero-order valence-electron chi connectivity index (χ0n) is 13.7. The molecule has 128 valence electrons. The van der Waals surface area contributed by atoms with Crippen LogP contribution in [-0.2, 0) is 4.79 Å². The number of aliphatic hydroxyl groups is 1. The maximum absolute atomic E-state index is 12.7. The molecular formula is C20H18O5. The van der Waals surface area contributed by atoms with E-state index in [-0.39, 0.29) is 41.1 Å². The van der Waals surface area contributed by atoms with E-state index in [1.165, 1.54) is 6.07 Å². The molecule has 2 atom stereocenters. The summed E-state index contributed by atoms with van der Waals surface area (Å²) in [7, 11) is 0. The molecule has 2 unspecified atom stereocenters. The Morgan fingerprint density at radius 3 is 2.68 bits per heavy atom. The van der Waals surface area contributed by atoms with Gasteiger partial charge < -0.3 is 15.3 Å². The van der Waals surface area contributed by atoms with Gasteiger partial charge in [-0.1, -0.05) is 24.6 Å². The normalized spacial score (nSPS) is 25.5. The lowest BCUT2D eigenvalue weighted by atomic mass is 9.63. The zero-order valence-corrected chi connectivity index (χ0v) is 13.7. The molecular weight excluding hydrogens is 320 g/mol. The van der Waals surface area contributed by atoms with Gasteiger partial charge in [-0.15, -0.1) is 0 Å². The number of phenols is 2. The topological polar surface area (TPSA) is 94.8 Å². The molecule has 0 fully saturated rings. The number of aromatic hydroxyl groups is 2. The third-order valence-corrected chi connectivity index (χ3v) is 5.36. The highest BCUT2D eigenvalue weighted by Crippen LogP contribution is 2.50. The summed E-state index contributed by atoms with van der Waals surface area (Å²) in [5, 5.41) is 32.5. The molecule has 0 radical (unpaired) electrons. The molecule has 0 saturated heterocycles. The van der Waals surface area contributed by atoms with Crippen LogP contribution in [0.3, 0.4) is 0 Å². The van der Waals surface area contributed by atoms with Crippen LogP contribution < -0.4 is 0 Å². The highest BCUT2D eigenvalue weighted by molar-refractivity contribution is 6.13. The van der Waals surface area contributed by atoms with Crippen LogP contribution in [0.15, 0.2) is 35.9 Å². The molecule has 2 aliphatic rings. The van der Waals surface area contributed by atoms with E-state index < -0.39 is 17.3 Å². The average molecular weight is 338 g/mol. The van der Waals surface area contributed by atoms with E-state index in [1.54, 1.807) is 24.3 Å². The molecule has 0 amide bonds. The van der Waals surface area contributed by atoms with Crippen LogP contribution in [0.5, 0.6) is 11.5 Å². The highest BCUT2D eigenvalue weighted by atomic mass is 16.3. The van der Waals surface area contributed by atoms with Crippen molar-refractivity contribution in [1.82, 2.24) is 0 Å². The fraction of sp³-hybridized carbons (Fsp3) is 0.300. The van der Waals surface area contributed by atoms with Crippen molar-refractivity contribution < 1.29 is 24.9 Å². The molecule has 0 aromatic heterocycles. The summed E-state index contributed by atoms with van der Waals surface area (Å²) in [5.41, 5.74) is -0.267. The molecule has 2 aromatic rings. The fourth-order valence-electron chi connectivity index (χ4n) is 4.25. The summed E-state index contributed by atoms with van der Waals surface area (Å²) in [4.78, 5) is 25.4. The number of rotatable bonds is 1. The minimum absolute atomic E-state index is 0.0328. The van der Waals surface area contributed by atoms with Crippen LogP contribution in [0.2, 0.25) is 0 Å². The number of ketones is 2. The smallest absolute Gasteiger partial charge is 0.169 e. The fourth-order valence-corrected chi connectivity index (χ4v) is 4.25. The van der Waals surface area contributed by atoms with Gasteiger partial charge in [-0.3, -0.25) is 9.59 Å². The number of Topliss-reactive ketones (excluding diaryl/α,β-unsaturated/α-hetero) is 1. The number of hydrogen-bond acceptors (Lipinski definition) is 5. The van der Waals surface area contributed by atoms with Crippen molar-refractivity contribution in [1.29, 1.82) is 0 Å². The molecule has 0 spiro atoms. The van der Waals surface area contributed by atoms with E-state index in [1.807, 2.05) is 6.92 Å². The third kappa shape index (κ3) is 2.12. The Hall–Kier alpha value is -2.66. The van der Waals surface area contributed by atoms with E-state index in [2.05, 4.69) is 0 Å². The van der Waals surface area contributed by atoms with Crippen molar-refractivity contribution in [2.24, 2.45) is 0 Å². The lowest BCUT2D eigenvalue weighted by molar-refractivity contribution is -0.123. The van der Waals surface area contributed by atoms with Crippen LogP contribution in [0.1, 0.15) is 48.0 Å². The van der Waals surface area contributed by atoms with Gasteiger partial charge in [-0.05, 0) is 42.0 Å². The third-order valence-electron chi connectivity index (χ3n) is 5.36. The largest absolute Gasteiger partial charge is 0.507 e. The quantitative estimate of drug-likeness (QED) is 0.743. The Kier molecular flexibility index (Phi) is 3.27. The van der Waals surface area contributed by atoms with Gasteiger partial charge in [0.1, 0.15) is 11.5 Å². The number of carbonyl (C=O) groups is 2. The maximum Gasteiger partial charge on any atom is 0.169 e. The van der Waals surface area contributed by atoms with Crippen LogP contribution in [0.25, 0.3) is 10.8 Å². The van der Waals surface area contributed by atoms with Gasteiger partial charge >= 0.3 is 0 Å². The molecule has 5 nitrogen and oxygen atoms in total. The van der Waals surface area contributed by atoms with Gasteiger partial charge in [-0.25, -0.2) is 0 Å². The monoisotopic (exact) mass is 338 g/mol. The molecule has 0 aliphatic heterocycles. The molecule has 4 rings (SSSR count). The van der Waals surface area contributed by atoms with Crippen molar-refractivity contribution in [3.63, 3.8) is 0 Å². The minimum atomic E-state index is -1.46. The summed E-state index contributed by atoms with van der Waals surface area (Å²) >= 11 is 0. The number of benzene rings is 2. The van der Waals surface area contributed by atoms with Crippen LogP contribution in [0, 0.1) is 0 Å². The van der Waals surface area contributed by atoms with Crippen molar-refractivity contribution in [3.05, 3.63) is 47.0 Å². The number of carbonyl (C=O) groups excluding carboxylic acids is 2. The second-order valence-electron chi connectivity index (χ2n) is 6.94. The molecule has 2 aromatic carbocycles. The molecule has 0 heterocycles. The Balaban J connectivity index is 2.04. The number of hydrogen-bond donors (Lipinski definition) is 3. The highest BCUT2D eigenvalue weighted by Gasteiger charge is 2.51. The van der Waals surface area contributed by atoms with Gasteiger partial charge in [0.15, 0.2) is 11.6 Å². The van der Waals surface area contributed by atoms with E-state index in [4.69, 9.17) is 0 Å². The van der Waals surface area contributed by atoms with E-state index in [0.717, 1.165) is 5.57 Å². The SMILES string of the molecule is CCC1=CC(=O)C2c3cc4cccc(O)c4c(O)c3C(=O)CC2(O)C1. The lowest BCUT2D eigenvalue weighted by Crippen LogP contribution is -2.48. The van der Waals surface area contributed by atoms with Gasteiger partial charge in [0, 0.05) is 6.42 Å². The Labute approximate surface area is 144 Å². The Morgan fingerprint density at radius 2 is 1.96 bits per heavy atom. The first-order valence-electron chi connectivity index (χ1n) is 8.32. The van der Waals surface area contributed by atoms with Crippen molar-refractivity contribution in [3.8, 4) is 11.5 Å². The van der Waals surface area contributed by atoms with Crippen LogP contribution in [0.4, 0.5) is 0 Å². The van der Waals surface area contributed by atoms with E-state index in [0.29, 0.717) is 17.4 Å². The Bertz CT molecular complexity index is 972. The lowest BCUT2D eigenvalue weighted by Gasteiger charge is -2.42. The van der Waals surface area contributed by atoms with Gasteiger partial charge in [0.25, 0.3) is 0 Å². The first kappa shape index (κ1) is 15.8. The summed E-state index contributed by atoms with van der Waals surface area (Å²) in [6, 6.07) is 6.37. The number of fused-ring (bicyclic) bond motifs is 4.